The highest BCUT2D eigenvalue weighted by atomic mass is 35.5. The number of hydrogen-bond acceptors (Lipinski definition) is 9. The number of halogens is 2. The molecule has 13 heteroatoms. The summed E-state index contributed by atoms with van der Waals surface area (Å²) >= 11 is 6.61. The fourth-order valence-electron chi connectivity index (χ4n) is 7.49. The minimum Gasteiger partial charge on any atom is -0.481 e. The first-order valence-corrected chi connectivity index (χ1v) is 16.8. The Bertz CT molecular complexity index is 1660. The SMILES string of the molecule is COC1(OC)CCCN1C(OC1CCC(C(=O)O)CC1)(C(=O)Cc1cc(Cl)c(NC(=O)c2coc3ccccc23)cc1F)N1CCCC1. The van der Waals surface area contributed by atoms with Gasteiger partial charge in [-0.15, -0.1) is 0 Å². The second-order valence-corrected chi connectivity index (χ2v) is 13.1. The minimum absolute atomic E-state index is 0.0400. The van der Waals surface area contributed by atoms with E-state index in [1.807, 2.05) is 9.80 Å². The summed E-state index contributed by atoms with van der Waals surface area (Å²) in [6.07, 6.45) is 5.15. The molecule has 1 atom stereocenters. The van der Waals surface area contributed by atoms with E-state index < -0.39 is 47.3 Å². The number of fused-ring (bicyclic) bond motifs is 1. The van der Waals surface area contributed by atoms with Crippen molar-refractivity contribution in [3.8, 4) is 0 Å². The topological polar surface area (TPSA) is 131 Å². The number of aliphatic carboxylic acids is 1. The van der Waals surface area contributed by atoms with E-state index in [2.05, 4.69) is 5.32 Å². The van der Waals surface area contributed by atoms with E-state index in [0.717, 1.165) is 18.9 Å². The Balaban J connectivity index is 1.32. The molecule has 3 heterocycles. The van der Waals surface area contributed by atoms with Gasteiger partial charge in [0.05, 0.1) is 28.3 Å². The van der Waals surface area contributed by atoms with Crippen LogP contribution in [-0.4, -0.2) is 84.3 Å². The lowest BCUT2D eigenvalue weighted by Gasteiger charge is -2.52. The van der Waals surface area contributed by atoms with E-state index in [9.17, 15) is 19.5 Å². The molecule has 3 aromatic rings. The summed E-state index contributed by atoms with van der Waals surface area (Å²) in [4.78, 5) is 43.5. The van der Waals surface area contributed by atoms with Crippen LogP contribution in [0, 0.1) is 11.7 Å². The van der Waals surface area contributed by atoms with Gasteiger partial charge in [-0.25, -0.2) is 9.29 Å². The number of rotatable bonds is 12. The minimum atomic E-state index is -1.67. The van der Waals surface area contributed by atoms with Crippen molar-refractivity contribution in [1.29, 1.82) is 0 Å². The zero-order valence-electron chi connectivity index (χ0n) is 27.1. The molecule has 2 aliphatic heterocycles. The maximum absolute atomic E-state index is 15.9. The average Bonchev–Trinajstić information content (AvgIpc) is 3.87. The number of furan rings is 1. The zero-order valence-corrected chi connectivity index (χ0v) is 27.9. The predicted molar refractivity (Wildman–Crippen MR) is 175 cm³/mol. The van der Waals surface area contributed by atoms with E-state index in [4.69, 9.17) is 30.2 Å². The quantitative estimate of drug-likeness (QED) is 0.218. The maximum Gasteiger partial charge on any atom is 0.306 e. The van der Waals surface area contributed by atoms with Gasteiger partial charge < -0.3 is 29.1 Å². The molecule has 0 spiro atoms. The van der Waals surface area contributed by atoms with Crippen molar-refractivity contribution in [2.24, 2.45) is 5.92 Å². The highest BCUT2D eigenvalue weighted by Crippen LogP contribution is 2.44. The third kappa shape index (κ3) is 6.37. The average molecular weight is 686 g/mol. The summed E-state index contributed by atoms with van der Waals surface area (Å²) in [5.74, 6) is -5.89. The van der Waals surface area contributed by atoms with Crippen molar-refractivity contribution in [1.82, 2.24) is 9.80 Å². The number of carbonyl (C=O) groups excluding carboxylic acids is 2. The van der Waals surface area contributed by atoms with Crippen molar-refractivity contribution in [2.45, 2.75) is 75.7 Å². The number of hydrogen-bond donors (Lipinski definition) is 2. The molecule has 0 bridgehead atoms. The molecule has 1 aliphatic carbocycles. The van der Waals surface area contributed by atoms with Gasteiger partial charge in [0.15, 0.2) is 5.78 Å². The first kappa shape index (κ1) is 34.5. The normalized spacial score (nSPS) is 22.9. The van der Waals surface area contributed by atoms with Crippen LogP contribution in [0.5, 0.6) is 0 Å². The summed E-state index contributed by atoms with van der Waals surface area (Å²) < 4.78 is 40.2. The monoisotopic (exact) mass is 685 g/mol. The fraction of sp³-hybridized carbons (Fsp3) is 0.514. The molecule has 48 heavy (non-hydrogen) atoms. The fourth-order valence-corrected chi connectivity index (χ4v) is 7.72. The summed E-state index contributed by atoms with van der Waals surface area (Å²) in [6, 6.07) is 9.53. The van der Waals surface area contributed by atoms with Gasteiger partial charge in [0.25, 0.3) is 5.91 Å². The number of ketones is 1. The molecular weight excluding hydrogens is 645 g/mol. The molecule has 1 aromatic heterocycles. The molecule has 2 N–H and O–H groups in total. The van der Waals surface area contributed by atoms with E-state index in [0.29, 0.717) is 69.1 Å². The molecule has 2 saturated heterocycles. The Morgan fingerprint density at radius 2 is 1.77 bits per heavy atom. The summed E-state index contributed by atoms with van der Waals surface area (Å²) in [7, 11) is 3.05. The third-order valence-corrected chi connectivity index (χ3v) is 10.3. The van der Waals surface area contributed by atoms with Gasteiger partial charge in [0.2, 0.25) is 11.8 Å². The predicted octanol–water partition coefficient (Wildman–Crippen LogP) is 6.04. The van der Waals surface area contributed by atoms with Crippen LogP contribution >= 0.6 is 11.6 Å². The molecule has 2 aromatic carbocycles. The molecule has 0 radical (unpaired) electrons. The number of benzene rings is 2. The van der Waals surface area contributed by atoms with Crippen LogP contribution in [0.25, 0.3) is 11.0 Å². The van der Waals surface area contributed by atoms with E-state index in [1.165, 1.54) is 26.5 Å². The summed E-state index contributed by atoms with van der Waals surface area (Å²) in [6.45, 7) is 1.55. The van der Waals surface area contributed by atoms with Crippen LogP contribution < -0.4 is 5.32 Å². The number of para-hydroxylation sites is 1. The Kier molecular flexibility index (Phi) is 10.2. The van der Waals surface area contributed by atoms with Crippen molar-refractivity contribution < 1.29 is 42.5 Å². The van der Waals surface area contributed by atoms with E-state index >= 15 is 4.39 Å². The molecular formula is C35H41ClFN3O8. The van der Waals surface area contributed by atoms with Crippen LogP contribution in [0.15, 0.2) is 47.1 Å². The number of carbonyl (C=O) groups is 3. The lowest BCUT2D eigenvalue weighted by molar-refractivity contribution is -0.364. The lowest BCUT2D eigenvalue weighted by Crippen LogP contribution is -2.72. The van der Waals surface area contributed by atoms with Gasteiger partial charge in [-0.1, -0.05) is 29.8 Å². The Morgan fingerprint density at radius 1 is 1.06 bits per heavy atom. The number of anilines is 1. The molecule has 11 nitrogen and oxygen atoms in total. The summed E-state index contributed by atoms with van der Waals surface area (Å²) in [5.41, 5.74) is 0.904. The number of nitrogens with zero attached hydrogens (tertiary/aromatic N) is 2. The first-order valence-electron chi connectivity index (χ1n) is 16.4. The molecule has 6 rings (SSSR count). The third-order valence-electron chi connectivity index (χ3n) is 10.0. The lowest BCUT2D eigenvalue weighted by atomic mass is 9.87. The van der Waals surface area contributed by atoms with Crippen LogP contribution in [0.4, 0.5) is 10.1 Å². The van der Waals surface area contributed by atoms with Crippen molar-refractivity contribution in [2.75, 3.05) is 39.2 Å². The molecule has 3 fully saturated rings. The zero-order chi connectivity index (χ0) is 34.1. The van der Waals surface area contributed by atoms with Gasteiger partial charge >= 0.3 is 5.97 Å². The van der Waals surface area contributed by atoms with E-state index in [-0.39, 0.29) is 28.3 Å². The molecule has 258 valence electrons. The van der Waals surface area contributed by atoms with Crippen molar-refractivity contribution in [3.05, 3.63) is 64.6 Å². The largest absolute Gasteiger partial charge is 0.481 e. The van der Waals surface area contributed by atoms with Gasteiger partial charge in [-0.05, 0) is 68.7 Å². The highest BCUT2D eigenvalue weighted by molar-refractivity contribution is 6.34. The number of Topliss-reactive ketones (excluding diaryl/α,β-unsaturated/α-hetero) is 1. The van der Waals surface area contributed by atoms with Crippen molar-refractivity contribution in [3.63, 3.8) is 0 Å². The van der Waals surface area contributed by atoms with Gasteiger partial charge in [-0.3, -0.25) is 19.3 Å². The standard InChI is InChI=1S/C35H41ClFN3O8/c1-45-34(46-2)14-7-17-40(34)35(39-15-5-6-16-39,48-24-12-10-22(11-13-24)33(43)44)31(41)19-23-18-27(36)29(20-28(23)37)38-32(42)26-21-47-30-9-4-3-8-25(26)30/h3-4,8-9,18,20-22,24H,5-7,10-17,19H2,1-2H3,(H,38,42)(H,43,44). The van der Waals surface area contributed by atoms with Crippen LogP contribution in [0.1, 0.15) is 67.3 Å². The van der Waals surface area contributed by atoms with Crippen molar-refractivity contribution >= 4 is 45.9 Å². The van der Waals surface area contributed by atoms with Gasteiger partial charge in [0.1, 0.15) is 17.7 Å². The van der Waals surface area contributed by atoms with Crippen LogP contribution in [0.3, 0.4) is 0 Å². The number of carboxylic acid groups (broad SMARTS) is 1. The number of ether oxygens (including phenoxy) is 3. The molecule has 1 saturated carbocycles. The number of amides is 1. The summed E-state index contributed by atoms with van der Waals surface area (Å²) in [5, 5.41) is 12.9. The number of likely N-dealkylation sites (tertiary alicyclic amines) is 2. The highest BCUT2D eigenvalue weighted by Gasteiger charge is 2.61. The van der Waals surface area contributed by atoms with Crippen LogP contribution in [-0.2, 0) is 30.2 Å². The number of carboxylic acids is 1. The second-order valence-electron chi connectivity index (χ2n) is 12.7. The van der Waals surface area contributed by atoms with Crippen LogP contribution in [0.2, 0.25) is 5.02 Å². The molecule has 1 unspecified atom stereocenters. The molecule has 3 aliphatic rings. The number of nitrogens with one attached hydrogen (secondary N) is 1. The maximum atomic E-state index is 15.9. The molecule has 1 amide bonds. The smallest absolute Gasteiger partial charge is 0.306 e. The number of methoxy groups -OCH3 is 2. The first-order chi connectivity index (χ1) is 23.1. The Morgan fingerprint density at radius 3 is 2.46 bits per heavy atom. The second kappa shape index (κ2) is 14.2. The Labute approximate surface area is 283 Å². The van der Waals surface area contributed by atoms with E-state index in [1.54, 1.807) is 24.3 Å². The Hall–Kier alpha value is -3.39. The van der Waals surface area contributed by atoms with Gasteiger partial charge in [0, 0.05) is 52.1 Å². The van der Waals surface area contributed by atoms with Gasteiger partial charge in [-0.2, -0.15) is 0 Å².